The Morgan fingerprint density at radius 3 is 2.67 bits per heavy atom. The van der Waals surface area contributed by atoms with Crippen molar-refractivity contribution in [3.8, 4) is 5.75 Å². The lowest BCUT2D eigenvalue weighted by molar-refractivity contribution is -0.387. The molecule has 0 heterocycles. The second kappa shape index (κ2) is 7.27. The van der Waals surface area contributed by atoms with Gasteiger partial charge in [0.15, 0.2) is 6.10 Å². The summed E-state index contributed by atoms with van der Waals surface area (Å²) in [5, 5.41) is 13.7. The maximum Gasteiger partial charge on any atom is 0.306 e. The number of amides is 1. The lowest BCUT2D eigenvalue weighted by Crippen LogP contribution is -2.30. The number of benzene rings is 2. The third-order valence-electron chi connectivity index (χ3n) is 3.22. The molecule has 24 heavy (non-hydrogen) atoms. The largest absolute Gasteiger partial charge is 0.481 e. The molecule has 0 saturated carbocycles. The van der Waals surface area contributed by atoms with E-state index in [9.17, 15) is 19.3 Å². The number of nitrogens with zero attached hydrogens (tertiary/aromatic N) is 1. The van der Waals surface area contributed by atoms with Crippen LogP contribution in [0.3, 0.4) is 0 Å². The Morgan fingerprint density at radius 2 is 2.04 bits per heavy atom. The van der Waals surface area contributed by atoms with Gasteiger partial charge >= 0.3 is 5.69 Å². The smallest absolute Gasteiger partial charge is 0.306 e. The Hall–Kier alpha value is -2.67. The molecule has 0 bridgehead atoms. The van der Waals surface area contributed by atoms with Crippen LogP contribution in [0.15, 0.2) is 36.4 Å². The van der Waals surface area contributed by atoms with E-state index in [1.807, 2.05) is 0 Å². The molecule has 0 aliphatic carbocycles. The molecule has 126 valence electrons. The maximum atomic E-state index is 13.3. The summed E-state index contributed by atoms with van der Waals surface area (Å²) >= 11 is 5.86. The number of nitro groups is 1. The second-order valence-corrected chi connectivity index (χ2v) is 5.52. The molecule has 0 saturated heterocycles. The fourth-order valence-corrected chi connectivity index (χ4v) is 2.19. The maximum absolute atomic E-state index is 13.3. The summed E-state index contributed by atoms with van der Waals surface area (Å²) in [5.41, 5.74) is 0.158. The zero-order valence-corrected chi connectivity index (χ0v) is 13.6. The van der Waals surface area contributed by atoms with Crippen LogP contribution < -0.4 is 10.1 Å². The highest BCUT2D eigenvalue weighted by atomic mass is 35.5. The number of anilines is 1. The fourth-order valence-electron chi connectivity index (χ4n) is 1.96. The van der Waals surface area contributed by atoms with Gasteiger partial charge in [-0.1, -0.05) is 11.6 Å². The van der Waals surface area contributed by atoms with Crippen molar-refractivity contribution in [3.05, 3.63) is 62.9 Å². The van der Waals surface area contributed by atoms with E-state index in [-0.39, 0.29) is 5.69 Å². The molecule has 0 aliphatic heterocycles. The van der Waals surface area contributed by atoms with Crippen molar-refractivity contribution in [2.75, 3.05) is 5.32 Å². The molecular formula is C16H14ClFN2O4. The summed E-state index contributed by atoms with van der Waals surface area (Å²) in [6.07, 6.45) is -0.867. The summed E-state index contributed by atoms with van der Waals surface area (Å²) in [6.45, 7) is 3.32. The Kier molecular flexibility index (Phi) is 5.35. The normalized spacial score (nSPS) is 11.7. The highest BCUT2D eigenvalue weighted by Crippen LogP contribution is 2.24. The Labute approximate surface area is 142 Å². The van der Waals surface area contributed by atoms with Crippen LogP contribution in [-0.4, -0.2) is 16.9 Å². The van der Waals surface area contributed by atoms with Gasteiger partial charge in [-0.15, -0.1) is 0 Å². The van der Waals surface area contributed by atoms with Crippen LogP contribution in [0, 0.1) is 22.9 Å². The van der Waals surface area contributed by atoms with Gasteiger partial charge in [0.25, 0.3) is 5.91 Å². The van der Waals surface area contributed by atoms with Crippen molar-refractivity contribution >= 4 is 28.9 Å². The van der Waals surface area contributed by atoms with E-state index < -0.39 is 28.4 Å². The summed E-state index contributed by atoms with van der Waals surface area (Å²) in [7, 11) is 0. The number of halogens is 2. The van der Waals surface area contributed by atoms with Gasteiger partial charge in [-0.25, -0.2) is 0 Å². The van der Waals surface area contributed by atoms with Crippen LogP contribution in [0.25, 0.3) is 0 Å². The summed E-state index contributed by atoms with van der Waals surface area (Å²) in [4.78, 5) is 22.0. The van der Waals surface area contributed by atoms with Gasteiger partial charge in [0.2, 0.25) is 5.82 Å². The number of ether oxygens (including phenoxy) is 1. The lowest BCUT2D eigenvalue weighted by Gasteiger charge is -2.16. The zero-order chi connectivity index (χ0) is 17.9. The average Bonchev–Trinajstić information content (AvgIpc) is 2.51. The Balaban J connectivity index is 2.09. The van der Waals surface area contributed by atoms with Crippen LogP contribution >= 0.6 is 11.6 Å². The number of hydrogen-bond donors (Lipinski definition) is 1. The molecule has 1 amide bonds. The van der Waals surface area contributed by atoms with Gasteiger partial charge in [-0.2, -0.15) is 4.39 Å². The molecule has 1 N–H and O–H groups in total. The first-order chi connectivity index (χ1) is 11.3. The van der Waals surface area contributed by atoms with E-state index in [1.54, 1.807) is 25.1 Å². The van der Waals surface area contributed by atoms with Gasteiger partial charge in [-0.3, -0.25) is 14.9 Å². The van der Waals surface area contributed by atoms with Crippen molar-refractivity contribution in [2.45, 2.75) is 20.0 Å². The third kappa shape index (κ3) is 4.20. The second-order valence-electron chi connectivity index (χ2n) is 5.08. The SMILES string of the molecule is Cc1cc(Cl)ccc1OC(C)C(=O)Nc1ccc(F)c([N+](=O)[O-])c1. The van der Waals surface area contributed by atoms with Gasteiger partial charge in [-0.05, 0) is 49.7 Å². The highest BCUT2D eigenvalue weighted by Gasteiger charge is 2.19. The van der Waals surface area contributed by atoms with Crippen LogP contribution in [0.4, 0.5) is 15.8 Å². The van der Waals surface area contributed by atoms with E-state index >= 15 is 0 Å². The van der Waals surface area contributed by atoms with Crippen LogP contribution in [0.2, 0.25) is 5.02 Å². The predicted octanol–water partition coefficient (Wildman–Crippen LogP) is 4.10. The highest BCUT2D eigenvalue weighted by molar-refractivity contribution is 6.30. The molecule has 2 rings (SSSR count). The molecular weight excluding hydrogens is 339 g/mol. The molecule has 0 fully saturated rings. The van der Waals surface area contributed by atoms with Gasteiger partial charge in [0, 0.05) is 16.8 Å². The summed E-state index contributed by atoms with van der Waals surface area (Å²) in [5.74, 6) is -1.00. The lowest BCUT2D eigenvalue weighted by atomic mass is 10.2. The van der Waals surface area contributed by atoms with Crippen LogP contribution in [-0.2, 0) is 4.79 Å². The first-order valence-electron chi connectivity index (χ1n) is 6.95. The fraction of sp³-hybridized carbons (Fsp3) is 0.188. The molecule has 1 unspecified atom stereocenters. The molecule has 0 aromatic heterocycles. The summed E-state index contributed by atoms with van der Waals surface area (Å²) in [6, 6.07) is 8.09. The van der Waals surface area contributed by atoms with Gasteiger partial charge in [0.05, 0.1) is 4.92 Å². The van der Waals surface area contributed by atoms with E-state index in [1.165, 1.54) is 13.0 Å². The first kappa shape index (κ1) is 17.7. The number of carbonyl (C=O) groups is 1. The number of nitro benzene ring substituents is 1. The summed E-state index contributed by atoms with van der Waals surface area (Å²) < 4.78 is 18.8. The quantitative estimate of drug-likeness (QED) is 0.648. The van der Waals surface area contributed by atoms with Crippen molar-refractivity contribution in [3.63, 3.8) is 0 Å². The molecule has 2 aromatic carbocycles. The topological polar surface area (TPSA) is 81.5 Å². The molecule has 2 aromatic rings. The monoisotopic (exact) mass is 352 g/mol. The minimum absolute atomic E-state index is 0.108. The molecule has 0 radical (unpaired) electrons. The van der Waals surface area contributed by atoms with Gasteiger partial charge < -0.3 is 10.1 Å². The third-order valence-corrected chi connectivity index (χ3v) is 3.46. The zero-order valence-electron chi connectivity index (χ0n) is 12.9. The Morgan fingerprint density at radius 1 is 1.33 bits per heavy atom. The van der Waals surface area contributed by atoms with Crippen molar-refractivity contribution in [2.24, 2.45) is 0 Å². The predicted molar refractivity (Wildman–Crippen MR) is 88.0 cm³/mol. The molecule has 1 atom stereocenters. The number of hydrogen-bond acceptors (Lipinski definition) is 4. The standard InChI is InChI=1S/C16H14ClFN2O4/c1-9-7-11(17)3-6-15(9)24-10(2)16(21)19-12-4-5-13(18)14(8-12)20(22)23/h3-8,10H,1-2H3,(H,19,21). The minimum atomic E-state index is -0.973. The van der Waals surface area contributed by atoms with Crippen molar-refractivity contribution in [1.29, 1.82) is 0 Å². The molecule has 0 spiro atoms. The minimum Gasteiger partial charge on any atom is -0.481 e. The van der Waals surface area contributed by atoms with Crippen LogP contribution in [0.5, 0.6) is 5.75 Å². The average molecular weight is 353 g/mol. The van der Waals surface area contributed by atoms with E-state index in [2.05, 4.69) is 5.32 Å². The van der Waals surface area contributed by atoms with Gasteiger partial charge in [0.1, 0.15) is 5.75 Å². The van der Waals surface area contributed by atoms with Crippen molar-refractivity contribution in [1.82, 2.24) is 0 Å². The Bertz CT molecular complexity index is 798. The molecule has 0 aliphatic rings. The number of aryl methyl sites for hydroxylation is 1. The van der Waals surface area contributed by atoms with Crippen LogP contribution in [0.1, 0.15) is 12.5 Å². The van der Waals surface area contributed by atoms with E-state index in [0.29, 0.717) is 10.8 Å². The number of nitrogens with one attached hydrogen (secondary N) is 1. The molecule has 8 heteroatoms. The van der Waals surface area contributed by atoms with E-state index in [4.69, 9.17) is 16.3 Å². The first-order valence-corrected chi connectivity index (χ1v) is 7.33. The molecule has 6 nitrogen and oxygen atoms in total. The van der Waals surface area contributed by atoms with E-state index in [0.717, 1.165) is 17.7 Å². The number of carbonyl (C=O) groups excluding carboxylic acids is 1. The number of rotatable bonds is 5. The van der Waals surface area contributed by atoms with Crippen molar-refractivity contribution < 1.29 is 18.8 Å².